The molecule has 204 valence electrons. The fraction of sp³-hybridized carbons (Fsp3) is 0.414. The van der Waals surface area contributed by atoms with E-state index in [2.05, 4.69) is 26.6 Å². The summed E-state index contributed by atoms with van der Waals surface area (Å²) in [5, 5.41) is 26.3. The van der Waals surface area contributed by atoms with Crippen molar-refractivity contribution in [1.82, 2.24) is 15.0 Å². The van der Waals surface area contributed by atoms with E-state index in [4.69, 9.17) is 14.7 Å². The first-order valence-electron chi connectivity index (χ1n) is 12.9. The zero-order valence-electron chi connectivity index (χ0n) is 23.1. The first-order valence-corrected chi connectivity index (χ1v) is 12.9. The Bertz CT molecular complexity index is 1380. The van der Waals surface area contributed by atoms with Crippen LogP contribution in [0.5, 0.6) is 0 Å². The number of nitriles is 1. The van der Waals surface area contributed by atoms with E-state index in [9.17, 15) is 15.2 Å². The summed E-state index contributed by atoms with van der Waals surface area (Å²) in [5.41, 5.74) is 2.27. The third-order valence-corrected chi connectivity index (χ3v) is 6.66. The van der Waals surface area contributed by atoms with Crippen LogP contribution >= 0.6 is 0 Å². The lowest BCUT2D eigenvalue weighted by Crippen LogP contribution is -2.38. The molecule has 3 aromatic rings. The minimum atomic E-state index is -0.968. The van der Waals surface area contributed by atoms with Gasteiger partial charge in [-0.25, -0.2) is 4.98 Å². The maximum atomic E-state index is 13.1. The molecule has 10 heteroatoms. The summed E-state index contributed by atoms with van der Waals surface area (Å²) in [5.74, 6) is 0.774. The number of hydrogen-bond donors (Lipinski definition) is 3. The molecule has 0 aliphatic carbocycles. The van der Waals surface area contributed by atoms with Gasteiger partial charge < -0.3 is 25.4 Å². The van der Waals surface area contributed by atoms with Gasteiger partial charge >= 0.3 is 0 Å². The molecule has 1 fully saturated rings. The summed E-state index contributed by atoms with van der Waals surface area (Å²) >= 11 is 0. The van der Waals surface area contributed by atoms with Gasteiger partial charge in [-0.1, -0.05) is 6.07 Å². The second-order valence-corrected chi connectivity index (χ2v) is 10.8. The van der Waals surface area contributed by atoms with Gasteiger partial charge in [0, 0.05) is 53.9 Å². The average Bonchev–Trinajstić information content (AvgIpc) is 2.94. The van der Waals surface area contributed by atoms with Crippen LogP contribution in [0.4, 0.5) is 17.5 Å². The molecule has 1 aromatic carbocycles. The van der Waals surface area contributed by atoms with E-state index in [1.807, 2.05) is 52.8 Å². The SMILES string of the molecule is Cc1ccc(NC(=O)c2ccncc2)c(C(C)(C)C#N)c1-c1cc(N2CCOCC2)nc(NC(C)(C)CO)n1. The lowest BCUT2D eigenvalue weighted by atomic mass is 9.79. The Labute approximate surface area is 229 Å². The summed E-state index contributed by atoms with van der Waals surface area (Å²) in [6.45, 7) is 11.8. The Balaban J connectivity index is 1.91. The molecule has 3 N–H and O–H groups in total. The lowest BCUT2D eigenvalue weighted by molar-refractivity contribution is 0.102. The van der Waals surface area contributed by atoms with Gasteiger partial charge in [-0.2, -0.15) is 10.2 Å². The second-order valence-electron chi connectivity index (χ2n) is 10.8. The summed E-state index contributed by atoms with van der Waals surface area (Å²) in [6.07, 6.45) is 3.12. The molecule has 0 spiro atoms. The number of aryl methyl sites for hydroxylation is 1. The number of nitrogens with zero attached hydrogens (tertiary/aromatic N) is 5. The zero-order valence-corrected chi connectivity index (χ0v) is 23.1. The van der Waals surface area contributed by atoms with Crippen molar-refractivity contribution in [3.05, 3.63) is 59.4 Å². The van der Waals surface area contributed by atoms with E-state index in [0.29, 0.717) is 60.6 Å². The predicted octanol–water partition coefficient (Wildman–Crippen LogP) is 3.92. The van der Waals surface area contributed by atoms with E-state index >= 15 is 0 Å². The van der Waals surface area contributed by atoms with Gasteiger partial charge in [-0.15, -0.1) is 0 Å². The van der Waals surface area contributed by atoms with E-state index < -0.39 is 11.0 Å². The van der Waals surface area contributed by atoms with Gasteiger partial charge in [0.05, 0.1) is 42.5 Å². The monoisotopic (exact) mass is 529 g/mol. The van der Waals surface area contributed by atoms with Gasteiger partial charge in [0.25, 0.3) is 5.91 Å². The van der Waals surface area contributed by atoms with Crippen molar-refractivity contribution < 1.29 is 14.6 Å². The number of morpholine rings is 1. The Morgan fingerprint density at radius 1 is 1.13 bits per heavy atom. The van der Waals surface area contributed by atoms with Gasteiger partial charge in [-0.3, -0.25) is 9.78 Å². The minimum Gasteiger partial charge on any atom is -0.394 e. The van der Waals surface area contributed by atoms with Crippen LogP contribution in [-0.4, -0.2) is 64.4 Å². The molecule has 0 radical (unpaired) electrons. The van der Waals surface area contributed by atoms with Gasteiger partial charge in [0.1, 0.15) is 5.82 Å². The number of anilines is 3. The van der Waals surface area contributed by atoms with Crippen LogP contribution in [-0.2, 0) is 10.2 Å². The fourth-order valence-corrected chi connectivity index (χ4v) is 4.46. The molecule has 0 unspecified atom stereocenters. The van der Waals surface area contributed by atoms with Gasteiger partial charge in [0.15, 0.2) is 0 Å². The number of aromatic nitrogens is 3. The molecule has 3 heterocycles. The summed E-state index contributed by atoms with van der Waals surface area (Å²) < 4.78 is 5.54. The molecule has 1 aliphatic heterocycles. The van der Waals surface area contributed by atoms with Crippen LogP contribution < -0.4 is 15.5 Å². The van der Waals surface area contributed by atoms with E-state index in [-0.39, 0.29) is 12.5 Å². The van der Waals surface area contributed by atoms with Crippen LogP contribution in [0.25, 0.3) is 11.3 Å². The van der Waals surface area contributed by atoms with Crippen molar-refractivity contribution in [3.8, 4) is 17.3 Å². The molecule has 1 saturated heterocycles. The largest absolute Gasteiger partial charge is 0.394 e. The molecule has 10 nitrogen and oxygen atoms in total. The highest BCUT2D eigenvalue weighted by molar-refractivity contribution is 6.05. The first kappa shape index (κ1) is 28.0. The van der Waals surface area contributed by atoms with Crippen molar-refractivity contribution >= 4 is 23.4 Å². The van der Waals surface area contributed by atoms with E-state index in [1.165, 1.54) is 0 Å². The number of carbonyl (C=O) groups excluding carboxylic acids is 1. The third-order valence-electron chi connectivity index (χ3n) is 6.66. The number of aliphatic hydroxyl groups is 1. The Morgan fingerprint density at radius 2 is 1.82 bits per heavy atom. The number of ether oxygens (including phenoxy) is 1. The average molecular weight is 530 g/mol. The topological polar surface area (TPSA) is 136 Å². The van der Waals surface area contributed by atoms with Crippen molar-refractivity contribution in [2.45, 2.75) is 45.6 Å². The standard InChI is InChI=1S/C29H35N7O3/c1-19-6-7-21(32-26(38)20-8-10-31-11-9-20)25(28(2,3)17-30)24(19)22-16-23(36-12-14-39-15-13-36)34-27(33-22)35-29(4,5)18-37/h6-11,16,37H,12-15,18H2,1-5H3,(H,32,38)(H,33,34,35). The summed E-state index contributed by atoms with van der Waals surface area (Å²) in [4.78, 5) is 28.9. The predicted molar refractivity (Wildman–Crippen MR) is 151 cm³/mol. The highest BCUT2D eigenvalue weighted by atomic mass is 16.5. The molecule has 4 rings (SSSR count). The molecule has 1 aliphatic rings. The van der Waals surface area contributed by atoms with Crippen molar-refractivity contribution in [3.63, 3.8) is 0 Å². The maximum Gasteiger partial charge on any atom is 0.255 e. The molecule has 0 bridgehead atoms. The number of nitrogens with one attached hydrogen (secondary N) is 2. The van der Waals surface area contributed by atoms with Crippen molar-refractivity contribution in [1.29, 1.82) is 5.26 Å². The molecule has 39 heavy (non-hydrogen) atoms. The highest BCUT2D eigenvalue weighted by Gasteiger charge is 2.31. The summed E-state index contributed by atoms with van der Waals surface area (Å²) in [7, 11) is 0. The normalized spacial score (nSPS) is 14.0. The van der Waals surface area contributed by atoms with Crippen LogP contribution in [0.1, 0.15) is 49.2 Å². The maximum absolute atomic E-state index is 13.1. The molecular formula is C29H35N7O3. The van der Waals surface area contributed by atoms with Crippen LogP contribution in [0, 0.1) is 18.3 Å². The van der Waals surface area contributed by atoms with Crippen LogP contribution in [0.2, 0.25) is 0 Å². The zero-order chi connectivity index (χ0) is 28.2. The number of rotatable bonds is 8. The second kappa shape index (κ2) is 11.4. The number of benzene rings is 1. The highest BCUT2D eigenvalue weighted by Crippen LogP contribution is 2.41. The number of carbonyl (C=O) groups is 1. The molecule has 2 aromatic heterocycles. The van der Waals surface area contributed by atoms with Crippen molar-refractivity contribution in [2.75, 3.05) is 48.4 Å². The van der Waals surface area contributed by atoms with E-state index in [1.54, 1.807) is 24.5 Å². The Hall–Kier alpha value is -4.07. The number of pyridine rings is 1. The quantitative estimate of drug-likeness (QED) is 0.396. The minimum absolute atomic E-state index is 0.115. The molecule has 0 saturated carbocycles. The van der Waals surface area contributed by atoms with Gasteiger partial charge in [-0.05, 0) is 58.4 Å². The Morgan fingerprint density at radius 3 is 2.46 bits per heavy atom. The fourth-order valence-electron chi connectivity index (χ4n) is 4.46. The number of aliphatic hydroxyl groups excluding tert-OH is 1. The number of hydrogen-bond acceptors (Lipinski definition) is 9. The van der Waals surface area contributed by atoms with Crippen LogP contribution in [0.15, 0.2) is 42.7 Å². The van der Waals surface area contributed by atoms with Gasteiger partial charge in [0.2, 0.25) is 5.95 Å². The smallest absolute Gasteiger partial charge is 0.255 e. The van der Waals surface area contributed by atoms with Crippen molar-refractivity contribution in [2.24, 2.45) is 0 Å². The van der Waals surface area contributed by atoms with Crippen LogP contribution in [0.3, 0.4) is 0 Å². The Kier molecular flexibility index (Phi) is 8.14. The molecule has 1 amide bonds. The lowest BCUT2D eigenvalue weighted by Gasteiger charge is -2.30. The third kappa shape index (κ3) is 6.33. The number of amides is 1. The van der Waals surface area contributed by atoms with E-state index in [0.717, 1.165) is 11.1 Å². The molecule has 0 atom stereocenters. The summed E-state index contributed by atoms with van der Waals surface area (Å²) in [6, 6.07) is 11.3. The molecular weight excluding hydrogens is 494 g/mol. The first-order chi connectivity index (χ1) is 18.5.